The maximum atomic E-state index is 12.3. The quantitative estimate of drug-likeness (QED) is 0.809. The highest BCUT2D eigenvalue weighted by atomic mass is 19.4. The average Bonchev–Trinajstić information content (AvgIpc) is 2.69. The van der Waals surface area contributed by atoms with Crippen molar-refractivity contribution in [3.8, 4) is 0 Å². The Balaban J connectivity index is 2.58. The van der Waals surface area contributed by atoms with Gasteiger partial charge in [0.15, 0.2) is 0 Å². The van der Waals surface area contributed by atoms with Gasteiger partial charge in [-0.25, -0.2) is 0 Å². The van der Waals surface area contributed by atoms with Crippen molar-refractivity contribution in [2.75, 3.05) is 20.1 Å². The molecule has 1 saturated heterocycles. The monoisotopic (exact) mass is 252 g/mol. The third-order valence-electron chi connectivity index (χ3n) is 3.84. The smallest absolute Gasteiger partial charge is 0.315 e. The molecular weight excluding hydrogens is 229 g/mol. The number of hydrogen-bond acceptors (Lipinski definition) is 2. The van der Waals surface area contributed by atoms with Gasteiger partial charge in [0.05, 0.1) is 0 Å². The Bertz CT molecular complexity index is 232. The van der Waals surface area contributed by atoms with E-state index < -0.39 is 12.6 Å². The van der Waals surface area contributed by atoms with Crippen molar-refractivity contribution in [1.29, 1.82) is 0 Å². The lowest BCUT2D eigenvalue weighted by molar-refractivity contribution is -0.138. The molecule has 1 aliphatic rings. The summed E-state index contributed by atoms with van der Waals surface area (Å²) < 4.78 is 36.8. The molecule has 0 saturated carbocycles. The Morgan fingerprint density at radius 3 is 2.12 bits per heavy atom. The highest BCUT2D eigenvalue weighted by Crippen LogP contribution is 2.29. The van der Waals surface area contributed by atoms with Gasteiger partial charge in [0.1, 0.15) is 0 Å². The van der Waals surface area contributed by atoms with Crippen molar-refractivity contribution in [3.63, 3.8) is 0 Å². The van der Waals surface area contributed by atoms with Gasteiger partial charge in [-0.15, -0.1) is 0 Å². The van der Waals surface area contributed by atoms with Gasteiger partial charge in [-0.05, 0) is 53.2 Å². The van der Waals surface area contributed by atoms with Gasteiger partial charge in [0.2, 0.25) is 0 Å². The lowest BCUT2D eigenvalue weighted by Gasteiger charge is -2.42. The molecule has 0 aromatic heterocycles. The number of likely N-dealkylation sites (N-methyl/N-ethyl adjacent to an activating group) is 1. The minimum atomic E-state index is -4.06. The van der Waals surface area contributed by atoms with Gasteiger partial charge in [0, 0.05) is 18.0 Å². The first kappa shape index (κ1) is 14.8. The van der Waals surface area contributed by atoms with E-state index in [-0.39, 0.29) is 18.0 Å². The molecule has 1 rings (SSSR count). The zero-order chi connectivity index (χ0) is 13.1. The second-order valence-electron chi connectivity index (χ2n) is 5.34. The molecule has 1 heterocycles. The first-order valence-electron chi connectivity index (χ1n) is 6.26. The van der Waals surface area contributed by atoms with Gasteiger partial charge < -0.3 is 5.32 Å². The lowest BCUT2D eigenvalue weighted by Crippen LogP contribution is -2.56. The Kier molecular flexibility index (Phi) is 4.84. The molecule has 0 amide bonds. The molecule has 0 spiro atoms. The molecule has 0 aliphatic carbocycles. The molecule has 5 heteroatoms. The summed E-state index contributed by atoms with van der Waals surface area (Å²) in [5, 5.41) is 3.05. The summed E-state index contributed by atoms with van der Waals surface area (Å²) in [6.45, 7) is 6.07. The molecule has 1 fully saturated rings. The van der Waals surface area contributed by atoms with Crippen molar-refractivity contribution in [2.24, 2.45) is 0 Å². The maximum absolute atomic E-state index is 12.3. The predicted octanol–water partition coefficient (Wildman–Crippen LogP) is 2.79. The third-order valence-corrected chi connectivity index (χ3v) is 3.84. The zero-order valence-corrected chi connectivity index (χ0v) is 10.9. The van der Waals surface area contributed by atoms with E-state index in [1.807, 2.05) is 13.8 Å². The number of likely N-dealkylation sites (tertiary alicyclic amines) is 1. The average molecular weight is 252 g/mol. The predicted molar refractivity (Wildman–Crippen MR) is 63.0 cm³/mol. The summed E-state index contributed by atoms with van der Waals surface area (Å²) in [7, 11) is 1.75. The SMILES string of the molecule is CNC(CCC(F)(F)F)C(C)(C)N1CCCC1. The summed E-state index contributed by atoms with van der Waals surface area (Å²) in [5.74, 6) is 0. The molecule has 1 aliphatic heterocycles. The molecule has 2 nitrogen and oxygen atoms in total. The molecular formula is C12H23F3N2. The van der Waals surface area contributed by atoms with Crippen LogP contribution in [0.25, 0.3) is 0 Å². The molecule has 1 atom stereocenters. The van der Waals surface area contributed by atoms with Crippen LogP contribution in [0.5, 0.6) is 0 Å². The summed E-state index contributed by atoms with van der Waals surface area (Å²) in [4.78, 5) is 2.30. The third kappa shape index (κ3) is 4.14. The Morgan fingerprint density at radius 2 is 1.71 bits per heavy atom. The van der Waals surface area contributed by atoms with E-state index in [1.165, 1.54) is 0 Å². The summed E-state index contributed by atoms with van der Waals surface area (Å²) in [6, 6.07) is -0.123. The molecule has 0 aromatic carbocycles. The van der Waals surface area contributed by atoms with Crippen molar-refractivity contribution in [2.45, 2.75) is 57.3 Å². The molecule has 0 bridgehead atoms. The standard InChI is InChI=1S/C12H23F3N2/c1-11(2,17-8-4-5-9-17)10(16-3)6-7-12(13,14)15/h10,16H,4-9H2,1-3H3. The first-order valence-corrected chi connectivity index (χ1v) is 6.26. The van der Waals surface area contributed by atoms with Crippen molar-refractivity contribution in [1.82, 2.24) is 10.2 Å². The number of hydrogen-bond donors (Lipinski definition) is 1. The van der Waals surface area contributed by atoms with Crippen LogP contribution < -0.4 is 5.32 Å². The van der Waals surface area contributed by atoms with Crippen LogP contribution in [-0.2, 0) is 0 Å². The number of nitrogens with zero attached hydrogens (tertiary/aromatic N) is 1. The van der Waals surface area contributed by atoms with E-state index in [1.54, 1.807) is 7.05 Å². The highest BCUT2D eigenvalue weighted by molar-refractivity contribution is 4.94. The number of alkyl halides is 3. The van der Waals surface area contributed by atoms with Crippen molar-refractivity contribution < 1.29 is 13.2 Å². The highest BCUT2D eigenvalue weighted by Gasteiger charge is 2.38. The maximum Gasteiger partial charge on any atom is 0.389 e. The van der Waals surface area contributed by atoms with E-state index >= 15 is 0 Å². The van der Waals surface area contributed by atoms with Gasteiger partial charge >= 0.3 is 6.18 Å². The van der Waals surface area contributed by atoms with Crippen LogP contribution in [0.2, 0.25) is 0 Å². The van der Waals surface area contributed by atoms with Crippen molar-refractivity contribution >= 4 is 0 Å². The largest absolute Gasteiger partial charge is 0.389 e. The number of rotatable bonds is 5. The molecule has 1 unspecified atom stereocenters. The number of nitrogens with one attached hydrogen (secondary N) is 1. The lowest BCUT2D eigenvalue weighted by atomic mass is 9.89. The number of halogens is 3. The van der Waals surface area contributed by atoms with Crippen LogP contribution in [0, 0.1) is 0 Å². The van der Waals surface area contributed by atoms with Crippen LogP contribution in [0.15, 0.2) is 0 Å². The van der Waals surface area contributed by atoms with Crippen LogP contribution >= 0.6 is 0 Å². The van der Waals surface area contributed by atoms with Gasteiger partial charge in [-0.2, -0.15) is 13.2 Å². The Hall–Kier alpha value is -0.290. The molecule has 17 heavy (non-hydrogen) atoms. The molecule has 0 radical (unpaired) electrons. The van der Waals surface area contributed by atoms with E-state index in [9.17, 15) is 13.2 Å². The normalized spacial score (nSPS) is 20.8. The zero-order valence-electron chi connectivity index (χ0n) is 10.9. The van der Waals surface area contributed by atoms with Gasteiger partial charge in [-0.3, -0.25) is 4.90 Å². The second kappa shape index (κ2) is 5.57. The minimum absolute atomic E-state index is 0.123. The van der Waals surface area contributed by atoms with Crippen LogP contribution in [-0.4, -0.2) is 42.8 Å². The molecule has 1 N–H and O–H groups in total. The van der Waals surface area contributed by atoms with Gasteiger partial charge in [-0.1, -0.05) is 0 Å². The Morgan fingerprint density at radius 1 is 1.18 bits per heavy atom. The van der Waals surface area contributed by atoms with Crippen molar-refractivity contribution in [3.05, 3.63) is 0 Å². The first-order chi connectivity index (χ1) is 7.77. The molecule has 102 valence electrons. The summed E-state index contributed by atoms with van der Waals surface area (Å²) in [6.07, 6.45) is -2.33. The second-order valence-corrected chi connectivity index (χ2v) is 5.34. The van der Waals surface area contributed by atoms with E-state index in [0.717, 1.165) is 25.9 Å². The van der Waals surface area contributed by atoms with E-state index in [0.29, 0.717) is 0 Å². The fourth-order valence-electron chi connectivity index (χ4n) is 2.67. The van der Waals surface area contributed by atoms with Crippen LogP contribution in [0.1, 0.15) is 39.5 Å². The minimum Gasteiger partial charge on any atom is -0.315 e. The Labute approximate surface area is 102 Å². The topological polar surface area (TPSA) is 15.3 Å². The van der Waals surface area contributed by atoms with Gasteiger partial charge in [0.25, 0.3) is 0 Å². The summed E-state index contributed by atoms with van der Waals surface area (Å²) in [5.41, 5.74) is -0.212. The molecule has 0 aromatic rings. The fraction of sp³-hybridized carbons (Fsp3) is 1.00. The van der Waals surface area contributed by atoms with Crippen LogP contribution in [0.3, 0.4) is 0 Å². The summed E-state index contributed by atoms with van der Waals surface area (Å²) >= 11 is 0. The fourth-order valence-corrected chi connectivity index (χ4v) is 2.67. The van der Waals surface area contributed by atoms with E-state index in [2.05, 4.69) is 10.2 Å². The van der Waals surface area contributed by atoms with E-state index in [4.69, 9.17) is 0 Å². The van der Waals surface area contributed by atoms with Crippen LogP contribution in [0.4, 0.5) is 13.2 Å².